The summed E-state index contributed by atoms with van der Waals surface area (Å²) in [5.74, 6) is -0.146. The third kappa shape index (κ3) is 3.36. The van der Waals surface area contributed by atoms with Gasteiger partial charge in [-0.15, -0.1) is 11.3 Å². The zero-order valence-electron chi connectivity index (χ0n) is 13.9. The van der Waals surface area contributed by atoms with Gasteiger partial charge < -0.3 is 0 Å². The number of rotatable bonds is 4. The molecule has 134 valence electrons. The third-order valence-electron chi connectivity index (χ3n) is 4.94. The fourth-order valence-electron chi connectivity index (χ4n) is 3.84. The highest BCUT2D eigenvalue weighted by molar-refractivity contribution is 7.90. The number of nitrogens with zero attached hydrogens (tertiary/aromatic N) is 3. The average molecular weight is 381 g/mol. The summed E-state index contributed by atoms with van der Waals surface area (Å²) in [6.07, 6.45) is 0. The fourth-order valence-corrected chi connectivity index (χ4v) is 6.59. The molecule has 1 aromatic heterocycles. The molecule has 0 aliphatic carbocycles. The minimum Gasteiger partial charge on any atom is -0.297 e. The molecule has 5 nitrogen and oxygen atoms in total. The molecule has 2 atom stereocenters. The van der Waals surface area contributed by atoms with E-state index in [1.807, 2.05) is 18.4 Å². The van der Waals surface area contributed by atoms with Crippen molar-refractivity contribution in [2.24, 2.45) is 5.92 Å². The van der Waals surface area contributed by atoms with E-state index in [0.717, 1.165) is 22.8 Å². The van der Waals surface area contributed by atoms with Crippen LogP contribution >= 0.6 is 11.3 Å². The highest BCUT2D eigenvalue weighted by Gasteiger charge is 2.50. The number of hydrogen-bond acceptors (Lipinski definition) is 5. The van der Waals surface area contributed by atoms with Crippen molar-refractivity contribution in [2.75, 3.05) is 19.6 Å². The minimum atomic E-state index is -3.30. The summed E-state index contributed by atoms with van der Waals surface area (Å²) >= 11 is 1.54. The van der Waals surface area contributed by atoms with Crippen molar-refractivity contribution in [3.05, 3.63) is 51.7 Å². The van der Waals surface area contributed by atoms with Crippen LogP contribution in [0.3, 0.4) is 0 Å². The van der Waals surface area contributed by atoms with Crippen LogP contribution in [-0.4, -0.2) is 47.5 Å². The number of hydrogen-bond donors (Lipinski definition) is 0. The SMILES string of the molecule is Cc1nc(CN2C[C@H]3CN(Cc4cccc(F)c4)C[C@H]3S2(=O)=O)cs1. The predicted molar refractivity (Wildman–Crippen MR) is 95.1 cm³/mol. The Kier molecular flexibility index (Phi) is 4.39. The smallest absolute Gasteiger partial charge is 0.218 e. The number of halogens is 1. The molecule has 0 amide bonds. The normalized spacial score (nSPS) is 26.2. The van der Waals surface area contributed by atoms with Crippen LogP contribution in [0, 0.1) is 18.7 Å². The van der Waals surface area contributed by atoms with E-state index in [2.05, 4.69) is 9.88 Å². The van der Waals surface area contributed by atoms with Crippen molar-refractivity contribution in [1.29, 1.82) is 0 Å². The first-order chi connectivity index (χ1) is 11.9. The van der Waals surface area contributed by atoms with Gasteiger partial charge in [-0.1, -0.05) is 12.1 Å². The Balaban J connectivity index is 1.44. The van der Waals surface area contributed by atoms with Gasteiger partial charge in [-0.2, -0.15) is 4.31 Å². The molecule has 2 aliphatic rings. The van der Waals surface area contributed by atoms with Gasteiger partial charge in [0.05, 0.1) is 22.5 Å². The van der Waals surface area contributed by atoms with Crippen molar-refractivity contribution in [3.63, 3.8) is 0 Å². The first kappa shape index (κ1) is 17.1. The van der Waals surface area contributed by atoms with Gasteiger partial charge in [-0.25, -0.2) is 17.8 Å². The summed E-state index contributed by atoms with van der Waals surface area (Å²) in [5, 5.41) is 2.52. The first-order valence-electron chi connectivity index (χ1n) is 8.28. The predicted octanol–water partition coefficient (Wildman–Crippen LogP) is 2.24. The zero-order valence-corrected chi connectivity index (χ0v) is 15.6. The number of benzene rings is 1. The standard InChI is InChI=1S/C17H20FN3O2S2/c1-12-19-16(11-24-12)9-21-8-14-7-20(10-17(14)25(21,22)23)6-13-3-2-4-15(18)5-13/h2-5,11,14,17H,6-10H2,1H3/t14-,17-/m1/s1. The van der Waals surface area contributed by atoms with Crippen molar-refractivity contribution < 1.29 is 12.8 Å². The van der Waals surface area contributed by atoms with Crippen LogP contribution < -0.4 is 0 Å². The third-order valence-corrected chi connectivity index (χ3v) is 8.06. The first-order valence-corrected chi connectivity index (χ1v) is 10.7. The molecule has 3 heterocycles. The maximum absolute atomic E-state index is 13.3. The number of thiazole rings is 1. The quantitative estimate of drug-likeness (QED) is 0.815. The molecule has 1 aromatic carbocycles. The largest absolute Gasteiger partial charge is 0.297 e. The van der Waals surface area contributed by atoms with Gasteiger partial charge in [-0.3, -0.25) is 4.90 Å². The van der Waals surface area contributed by atoms with Crippen LogP contribution in [0.15, 0.2) is 29.6 Å². The molecule has 0 spiro atoms. The lowest BCUT2D eigenvalue weighted by Crippen LogP contribution is -2.34. The van der Waals surface area contributed by atoms with Gasteiger partial charge in [0.15, 0.2) is 0 Å². The number of likely N-dealkylation sites (tertiary alicyclic amines) is 1. The second-order valence-electron chi connectivity index (χ2n) is 6.82. The van der Waals surface area contributed by atoms with E-state index in [-0.39, 0.29) is 17.0 Å². The van der Waals surface area contributed by atoms with Gasteiger partial charge in [-0.05, 0) is 24.6 Å². The highest BCUT2D eigenvalue weighted by Crippen LogP contribution is 2.35. The summed E-state index contributed by atoms with van der Waals surface area (Å²) in [4.78, 5) is 6.50. The highest BCUT2D eigenvalue weighted by atomic mass is 32.2. The molecule has 0 N–H and O–H groups in total. The maximum Gasteiger partial charge on any atom is 0.218 e. The van der Waals surface area contributed by atoms with E-state index in [9.17, 15) is 12.8 Å². The maximum atomic E-state index is 13.3. The van der Waals surface area contributed by atoms with Crippen molar-refractivity contribution >= 4 is 21.4 Å². The molecule has 8 heteroatoms. The molecule has 2 fully saturated rings. The van der Waals surface area contributed by atoms with E-state index in [4.69, 9.17) is 0 Å². The van der Waals surface area contributed by atoms with E-state index >= 15 is 0 Å². The summed E-state index contributed by atoms with van der Waals surface area (Å²) < 4.78 is 40.6. The molecule has 0 radical (unpaired) electrons. The molecule has 0 bridgehead atoms. The van der Waals surface area contributed by atoms with Crippen molar-refractivity contribution in [2.45, 2.75) is 25.3 Å². The Bertz CT molecular complexity index is 884. The van der Waals surface area contributed by atoms with E-state index in [1.54, 1.807) is 21.7 Å². The molecular formula is C17H20FN3O2S2. The number of sulfonamides is 1. The second kappa shape index (κ2) is 6.42. The molecule has 2 aromatic rings. The Morgan fingerprint density at radius 1 is 1.28 bits per heavy atom. The zero-order chi connectivity index (χ0) is 17.6. The van der Waals surface area contributed by atoms with Crippen LogP contribution in [-0.2, 0) is 23.1 Å². The molecule has 4 rings (SSSR count). The van der Waals surface area contributed by atoms with Gasteiger partial charge in [0.2, 0.25) is 10.0 Å². The van der Waals surface area contributed by atoms with Crippen LogP contribution in [0.1, 0.15) is 16.3 Å². The summed E-state index contributed by atoms with van der Waals surface area (Å²) in [6.45, 7) is 4.66. The van der Waals surface area contributed by atoms with Gasteiger partial charge in [0, 0.05) is 37.5 Å². The number of aromatic nitrogens is 1. The van der Waals surface area contributed by atoms with E-state index < -0.39 is 10.0 Å². The minimum absolute atomic E-state index is 0.110. The lowest BCUT2D eigenvalue weighted by Gasteiger charge is -2.20. The summed E-state index contributed by atoms with van der Waals surface area (Å²) in [5.41, 5.74) is 1.70. The Morgan fingerprint density at radius 2 is 2.12 bits per heavy atom. The lowest BCUT2D eigenvalue weighted by molar-refractivity contribution is 0.294. The van der Waals surface area contributed by atoms with Gasteiger partial charge >= 0.3 is 0 Å². The van der Waals surface area contributed by atoms with E-state index in [1.165, 1.54) is 12.1 Å². The summed E-state index contributed by atoms with van der Waals surface area (Å²) in [6, 6.07) is 6.50. The van der Waals surface area contributed by atoms with Crippen molar-refractivity contribution in [1.82, 2.24) is 14.2 Å². The molecular weight excluding hydrogens is 361 g/mol. The molecule has 2 saturated heterocycles. The monoisotopic (exact) mass is 381 g/mol. The molecule has 25 heavy (non-hydrogen) atoms. The Morgan fingerprint density at radius 3 is 2.80 bits per heavy atom. The van der Waals surface area contributed by atoms with Crippen LogP contribution in [0.25, 0.3) is 0 Å². The Hall–Kier alpha value is -1.35. The second-order valence-corrected chi connectivity index (χ2v) is 10.0. The Labute approximate surface area is 151 Å². The van der Waals surface area contributed by atoms with Crippen LogP contribution in [0.5, 0.6) is 0 Å². The van der Waals surface area contributed by atoms with E-state index in [0.29, 0.717) is 26.2 Å². The number of fused-ring (bicyclic) bond motifs is 1. The average Bonchev–Trinajstić information content (AvgIpc) is 3.18. The fraction of sp³-hybridized carbons (Fsp3) is 0.471. The molecule has 2 aliphatic heterocycles. The molecule has 0 saturated carbocycles. The van der Waals surface area contributed by atoms with Gasteiger partial charge in [0.25, 0.3) is 0 Å². The lowest BCUT2D eigenvalue weighted by atomic mass is 10.1. The molecule has 0 unspecified atom stereocenters. The topological polar surface area (TPSA) is 53.5 Å². The van der Waals surface area contributed by atoms with Crippen LogP contribution in [0.4, 0.5) is 4.39 Å². The van der Waals surface area contributed by atoms with Crippen molar-refractivity contribution in [3.8, 4) is 0 Å². The summed E-state index contributed by atoms with van der Waals surface area (Å²) in [7, 11) is -3.30. The van der Waals surface area contributed by atoms with Gasteiger partial charge in [0.1, 0.15) is 5.82 Å². The van der Waals surface area contributed by atoms with Crippen LogP contribution in [0.2, 0.25) is 0 Å². The number of aryl methyl sites for hydroxylation is 1.